The molecule has 0 spiro atoms. The third-order valence-corrected chi connectivity index (χ3v) is 3.42. The Labute approximate surface area is 133 Å². The Balaban J connectivity index is 1.81. The van der Waals surface area contributed by atoms with E-state index in [4.69, 9.17) is 0 Å². The van der Waals surface area contributed by atoms with Gasteiger partial charge < -0.3 is 4.90 Å². The molecule has 3 rings (SSSR count). The highest BCUT2D eigenvalue weighted by molar-refractivity contribution is 5.96. The van der Waals surface area contributed by atoms with Gasteiger partial charge in [-0.2, -0.15) is 0 Å². The quantitative estimate of drug-likeness (QED) is 0.674. The molecule has 0 fully saturated rings. The van der Waals surface area contributed by atoms with Gasteiger partial charge in [-0.3, -0.25) is 14.8 Å². The van der Waals surface area contributed by atoms with Crippen LogP contribution in [0.25, 0.3) is 0 Å². The molecule has 3 aromatic rings. The summed E-state index contributed by atoms with van der Waals surface area (Å²) in [5, 5.41) is 0. The van der Waals surface area contributed by atoms with Crippen molar-refractivity contribution in [3.8, 4) is 0 Å². The van der Waals surface area contributed by atoms with Crippen LogP contribution < -0.4 is 4.90 Å². The van der Waals surface area contributed by atoms with Crippen molar-refractivity contribution in [3.63, 3.8) is 0 Å². The number of Topliss-reactive ketones (excluding diaryl/α,β-unsaturated/α-hetero) is 1. The second kappa shape index (κ2) is 6.74. The lowest BCUT2D eigenvalue weighted by atomic mass is 10.1. The van der Waals surface area contributed by atoms with Crippen molar-refractivity contribution < 1.29 is 4.79 Å². The van der Waals surface area contributed by atoms with Crippen LogP contribution in [-0.2, 0) is 6.42 Å². The molecule has 0 atom stereocenters. The number of carbonyl (C=O) groups is 1. The summed E-state index contributed by atoms with van der Waals surface area (Å²) in [6.07, 6.45) is 8.43. The van der Waals surface area contributed by atoms with Crippen molar-refractivity contribution in [1.29, 1.82) is 0 Å². The average molecular weight is 305 g/mol. The van der Waals surface area contributed by atoms with Crippen LogP contribution in [0.1, 0.15) is 16.2 Å². The van der Waals surface area contributed by atoms with Gasteiger partial charge in [-0.25, -0.2) is 9.97 Å². The first kappa shape index (κ1) is 14.8. The number of anilines is 2. The van der Waals surface area contributed by atoms with Crippen LogP contribution in [-0.4, -0.2) is 32.8 Å². The number of nitrogens with zero attached hydrogens (tertiary/aromatic N) is 5. The van der Waals surface area contributed by atoms with Gasteiger partial charge in [0.15, 0.2) is 5.78 Å². The largest absolute Gasteiger partial charge is 0.342 e. The first-order valence-electron chi connectivity index (χ1n) is 7.12. The fourth-order valence-electron chi connectivity index (χ4n) is 2.15. The fourth-order valence-corrected chi connectivity index (χ4v) is 2.15. The second-order valence-electron chi connectivity index (χ2n) is 4.98. The van der Waals surface area contributed by atoms with Gasteiger partial charge in [-0.05, 0) is 24.3 Å². The fraction of sp³-hybridized carbons (Fsp3) is 0.118. The Morgan fingerprint density at radius 3 is 2.61 bits per heavy atom. The summed E-state index contributed by atoms with van der Waals surface area (Å²) in [4.78, 5) is 30.6. The highest BCUT2D eigenvalue weighted by Crippen LogP contribution is 2.22. The number of carbonyl (C=O) groups excluding carboxylic acids is 1. The first-order valence-corrected chi connectivity index (χ1v) is 7.12. The van der Waals surface area contributed by atoms with E-state index in [9.17, 15) is 4.79 Å². The summed E-state index contributed by atoms with van der Waals surface area (Å²) in [5.41, 5.74) is 2.83. The minimum Gasteiger partial charge on any atom is -0.342 e. The van der Waals surface area contributed by atoms with Gasteiger partial charge in [0.05, 0.1) is 24.5 Å². The minimum atomic E-state index is -0.0664. The molecule has 3 aromatic heterocycles. The van der Waals surface area contributed by atoms with Crippen LogP contribution in [0.4, 0.5) is 11.4 Å². The minimum absolute atomic E-state index is 0.0664. The molecule has 0 aromatic carbocycles. The summed E-state index contributed by atoms with van der Waals surface area (Å²) < 4.78 is 0. The maximum atomic E-state index is 12.4. The number of ketones is 1. The van der Waals surface area contributed by atoms with E-state index in [1.165, 1.54) is 6.33 Å². The molecule has 114 valence electrons. The Kier molecular flexibility index (Phi) is 4.33. The van der Waals surface area contributed by atoms with Crippen LogP contribution in [0, 0.1) is 0 Å². The monoisotopic (exact) mass is 305 g/mol. The predicted molar refractivity (Wildman–Crippen MR) is 86.6 cm³/mol. The van der Waals surface area contributed by atoms with Crippen molar-refractivity contribution in [1.82, 2.24) is 19.9 Å². The summed E-state index contributed by atoms with van der Waals surface area (Å²) in [7, 11) is 1.89. The molecule has 6 nitrogen and oxygen atoms in total. The number of rotatable bonds is 5. The highest BCUT2D eigenvalue weighted by Gasteiger charge is 2.12. The van der Waals surface area contributed by atoms with Crippen molar-refractivity contribution in [2.75, 3.05) is 11.9 Å². The lowest BCUT2D eigenvalue weighted by Gasteiger charge is -2.18. The molecule has 0 saturated carbocycles. The summed E-state index contributed by atoms with van der Waals surface area (Å²) in [6, 6.07) is 9.12. The average Bonchev–Trinajstić information content (AvgIpc) is 2.63. The number of hydrogen-bond donors (Lipinski definition) is 0. The van der Waals surface area contributed by atoms with Gasteiger partial charge in [0.25, 0.3) is 0 Å². The summed E-state index contributed by atoms with van der Waals surface area (Å²) >= 11 is 0. The van der Waals surface area contributed by atoms with Crippen molar-refractivity contribution in [2.24, 2.45) is 0 Å². The molecular weight excluding hydrogens is 290 g/mol. The molecule has 23 heavy (non-hydrogen) atoms. The smallest absolute Gasteiger partial charge is 0.187 e. The van der Waals surface area contributed by atoms with E-state index in [0.29, 0.717) is 5.69 Å². The van der Waals surface area contributed by atoms with E-state index in [0.717, 1.165) is 17.1 Å². The maximum absolute atomic E-state index is 12.4. The topological polar surface area (TPSA) is 71.9 Å². The van der Waals surface area contributed by atoms with E-state index in [-0.39, 0.29) is 12.2 Å². The molecule has 0 aliphatic rings. The molecule has 6 heteroatoms. The third-order valence-electron chi connectivity index (χ3n) is 3.42. The van der Waals surface area contributed by atoms with Crippen molar-refractivity contribution in [3.05, 3.63) is 72.8 Å². The van der Waals surface area contributed by atoms with Crippen LogP contribution in [0.3, 0.4) is 0 Å². The molecular formula is C17H15N5O. The van der Waals surface area contributed by atoms with E-state index in [2.05, 4.69) is 19.9 Å². The molecule has 0 saturated heterocycles. The molecule has 0 aliphatic heterocycles. The van der Waals surface area contributed by atoms with Gasteiger partial charge in [0, 0.05) is 30.8 Å². The van der Waals surface area contributed by atoms with Gasteiger partial charge in [0.2, 0.25) is 0 Å². The molecule has 0 bridgehead atoms. The van der Waals surface area contributed by atoms with Crippen molar-refractivity contribution >= 4 is 17.2 Å². The lowest BCUT2D eigenvalue weighted by molar-refractivity contribution is 0.0987. The highest BCUT2D eigenvalue weighted by atomic mass is 16.1. The van der Waals surface area contributed by atoms with Gasteiger partial charge in [-0.15, -0.1) is 0 Å². The van der Waals surface area contributed by atoms with Gasteiger partial charge in [-0.1, -0.05) is 6.07 Å². The molecule has 0 N–H and O–H groups in total. The van der Waals surface area contributed by atoms with E-state index < -0.39 is 0 Å². The SMILES string of the molecule is CN(c1cncnc1)c1ccnc(C(=O)Cc2ccccn2)c1. The van der Waals surface area contributed by atoms with Crippen molar-refractivity contribution in [2.45, 2.75) is 6.42 Å². The zero-order valence-corrected chi connectivity index (χ0v) is 12.6. The molecule has 0 radical (unpaired) electrons. The first-order chi connectivity index (χ1) is 11.2. The Morgan fingerprint density at radius 2 is 1.87 bits per heavy atom. The van der Waals surface area contributed by atoms with Crippen LogP contribution in [0.15, 0.2) is 61.4 Å². The van der Waals surface area contributed by atoms with E-state index >= 15 is 0 Å². The predicted octanol–water partition coefficient (Wildman–Crippen LogP) is 2.46. The molecule has 0 aliphatic carbocycles. The summed E-state index contributed by atoms with van der Waals surface area (Å²) in [6.45, 7) is 0. The number of pyridine rings is 2. The van der Waals surface area contributed by atoms with Crippen LogP contribution in [0.5, 0.6) is 0 Å². The molecule has 0 amide bonds. The van der Waals surface area contributed by atoms with E-state index in [1.807, 2.05) is 36.2 Å². The molecule has 0 unspecified atom stereocenters. The number of hydrogen-bond acceptors (Lipinski definition) is 6. The summed E-state index contributed by atoms with van der Waals surface area (Å²) in [5.74, 6) is -0.0664. The maximum Gasteiger partial charge on any atom is 0.187 e. The lowest BCUT2D eigenvalue weighted by Crippen LogP contribution is -2.13. The Bertz CT molecular complexity index is 792. The standard InChI is InChI=1S/C17H15N5O/c1-22(15-10-18-12-19-11-15)14-5-7-21-16(9-14)17(23)8-13-4-2-3-6-20-13/h2-7,9-12H,8H2,1H3. The normalized spacial score (nSPS) is 10.3. The second-order valence-corrected chi connectivity index (χ2v) is 4.98. The van der Waals surface area contributed by atoms with Gasteiger partial charge in [0.1, 0.15) is 12.0 Å². The Hall–Kier alpha value is -3.15. The Morgan fingerprint density at radius 1 is 1.04 bits per heavy atom. The number of aromatic nitrogens is 4. The van der Waals surface area contributed by atoms with E-state index in [1.54, 1.807) is 30.9 Å². The zero-order valence-electron chi connectivity index (χ0n) is 12.6. The van der Waals surface area contributed by atoms with Crippen LogP contribution in [0.2, 0.25) is 0 Å². The zero-order chi connectivity index (χ0) is 16.1. The van der Waals surface area contributed by atoms with Gasteiger partial charge >= 0.3 is 0 Å². The molecule has 3 heterocycles. The third kappa shape index (κ3) is 3.55. The van der Waals surface area contributed by atoms with Crippen LogP contribution >= 0.6 is 0 Å².